The SMILES string of the molecule is Nc1ncnc2c1c(-c1ccc(Oc3ccccc3)cc1)nn2C1CC2CC1CN2C(=O)/C=C/CBr. The summed E-state index contributed by atoms with van der Waals surface area (Å²) in [5, 5.41) is 6.45. The molecule has 1 aliphatic heterocycles. The Morgan fingerprint density at radius 2 is 1.86 bits per heavy atom. The van der Waals surface area contributed by atoms with Gasteiger partial charge in [-0.05, 0) is 55.3 Å². The number of amides is 1. The van der Waals surface area contributed by atoms with Crippen molar-refractivity contribution in [2.75, 3.05) is 17.6 Å². The predicted molar refractivity (Wildman–Crippen MR) is 142 cm³/mol. The molecule has 2 fully saturated rings. The molecule has 3 unspecified atom stereocenters. The molecule has 182 valence electrons. The lowest BCUT2D eigenvalue weighted by molar-refractivity contribution is -0.127. The lowest BCUT2D eigenvalue weighted by Gasteiger charge is -2.31. The van der Waals surface area contributed by atoms with E-state index in [0.29, 0.717) is 17.1 Å². The van der Waals surface area contributed by atoms with Crippen LogP contribution in [0.4, 0.5) is 5.82 Å². The van der Waals surface area contributed by atoms with Crippen molar-refractivity contribution in [3.8, 4) is 22.8 Å². The maximum Gasteiger partial charge on any atom is 0.246 e. The first-order chi connectivity index (χ1) is 17.6. The first-order valence-electron chi connectivity index (χ1n) is 12.0. The molecule has 1 amide bonds. The van der Waals surface area contributed by atoms with Crippen molar-refractivity contribution in [2.24, 2.45) is 5.92 Å². The second kappa shape index (κ2) is 9.39. The molecular weight excluding hydrogens is 520 g/mol. The minimum atomic E-state index is 0.0794. The minimum Gasteiger partial charge on any atom is -0.457 e. The van der Waals surface area contributed by atoms with Crippen molar-refractivity contribution >= 4 is 38.7 Å². The van der Waals surface area contributed by atoms with Crippen LogP contribution in [-0.4, -0.2) is 48.5 Å². The third-order valence-electron chi connectivity index (χ3n) is 7.08. The number of hydrogen-bond acceptors (Lipinski definition) is 6. The zero-order chi connectivity index (χ0) is 24.6. The molecule has 6 rings (SSSR count). The van der Waals surface area contributed by atoms with Gasteiger partial charge in [-0.15, -0.1) is 0 Å². The van der Waals surface area contributed by atoms with Crippen molar-refractivity contribution in [3.63, 3.8) is 0 Å². The number of fused-ring (bicyclic) bond motifs is 3. The number of nitrogens with zero attached hydrogens (tertiary/aromatic N) is 5. The molecule has 2 aromatic heterocycles. The minimum absolute atomic E-state index is 0.0794. The summed E-state index contributed by atoms with van der Waals surface area (Å²) in [7, 11) is 0. The molecule has 8 nitrogen and oxygen atoms in total. The third kappa shape index (κ3) is 4.03. The van der Waals surface area contributed by atoms with E-state index >= 15 is 0 Å². The molecule has 3 heterocycles. The first-order valence-corrected chi connectivity index (χ1v) is 13.1. The number of piperidine rings is 1. The summed E-state index contributed by atoms with van der Waals surface area (Å²) in [6.45, 7) is 0.726. The van der Waals surface area contributed by atoms with E-state index in [1.54, 1.807) is 6.08 Å². The van der Waals surface area contributed by atoms with Crippen molar-refractivity contribution in [1.82, 2.24) is 24.6 Å². The summed E-state index contributed by atoms with van der Waals surface area (Å²) in [4.78, 5) is 23.4. The molecule has 3 atom stereocenters. The number of para-hydroxylation sites is 1. The van der Waals surface area contributed by atoms with Gasteiger partial charge in [-0.25, -0.2) is 14.6 Å². The molecule has 2 aromatic carbocycles. The highest BCUT2D eigenvalue weighted by Gasteiger charge is 2.47. The Morgan fingerprint density at radius 3 is 2.58 bits per heavy atom. The number of nitrogen functional groups attached to an aromatic ring is 1. The van der Waals surface area contributed by atoms with Crippen molar-refractivity contribution in [2.45, 2.75) is 24.9 Å². The fourth-order valence-corrected chi connectivity index (χ4v) is 5.66. The van der Waals surface area contributed by atoms with Crippen LogP contribution in [0.2, 0.25) is 0 Å². The molecule has 2 bridgehead atoms. The summed E-state index contributed by atoms with van der Waals surface area (Å²) in [6, 6.07) is 17.9. The molecule has 0 radical (unpaired) electrons. The zero-order valence-corrected chi connectivity index (χ0v) is 21.1. The topological polar surface area (TPSA) is 99.2 Å². The number of ether oxygens (including phenoxy) is 1. The highest BCUT2D eigenvalue weighted by atomic mass is 79.9. The average molecular weight is 545 g/mol. The highest BCUT2D eigenvalue weighted by molar-refractivity contribution is 9.09. The van der Waals surface area contributed by atoms with Gasteiger partial charge in [0.05, 0.1) is 11.4 Å². The molecule has 4 aromatic rings. The number of likely N-dealkylation sites (tertiary alicyclic amines) is 1. The molecule has 1 saturated heterocycles. The molecule has 0 spiro atoms. The van der Waals surface area contributed by atoms with Gasteiger partial charge in [0.1, 0.15) is 29.3 Å². The quantitative estimate of drug-likeness (QED) is 0.271. The molecule has 1 saturated carbocycles. The van der Waals surface area contributed by atoms with Crippen LogP contribution in [0.15, 0.2) is 73.1 Å². The van der Waals surface area contributed by atoms with E-state index in [9.17, 15) is 4.79 Å². The number of nitrogens with two attached hydrogens (primary N) is 1. The van der Waals surface area contributed by atoms with Crippen LogP contribution in [0, 0.1) is 5.92 Å². The van der Waals surface area contributed by atoms with Crippen molar-refractivity contribution in [3.05, 3.63) is 73.1 Å². The Labute approximate surface area is 216 Å². The summed E-state index contributed by atoms with van der Waals surface area (Å²) < 4.78 is 7.95. The number of benzene rings is 2. The lowest BCUT2D eigenvalue weighted by atomic mass is 10.0. The summed E-state index contributed by atoms with van der Waals surface area (Å²) in [6.07, 6.45) is 6.81. The molecule has 9 heteroatoms. The second-order valence-electron chi connectivity index (χ2n) is 9.19. The molecule has 36 heavy (non-hydrogen) atoms. The van der Waals surface area contributed by atoms with Gasteiger partial charge in [0.2, 0.25) is 5.91 Å². The predicted octanol–water partition coefficient (Wildman–Crippen LogP) is 4.98. The number of anilines is 1. The fraction of sp³-hybridized carbons (Fsp3) is 0.259. The largest absolute Gasteiger partial charge is 0.457 e. The number of alkyl halides is 1. The Morgan fingerprint density at radius 1 is 1.08 bits per heavy atom. The van der Waals surface area contributed by atoms with Crippen molar-refractivity contribution in [1.29, 1.82) is 0 Å². The molecular formula is C27H25BrN6O2. The summed E-state index contributed by atoms with van der Waals surface area (Å²) >= 11 is 3.34. The van der Waals surface area contributed by atoms with Crippen LogP contribution in [0.25, 0.3) is 22.3 Å². The molecule has 2 aliphatic rings. The number of rotatable bonds is 6. The van der Waals surface area contributed by atoms with E-state index in [4.69, 9.17) is 15.6 Å². The van der Waals surface area contributed by atoms with Crippen molar-refractivity contribution < 1.29 is 9.53 Å². The Balaban J connectivity index is 1.30. The van der Waals surface area contributed by atoms with Gasteiger partial charge < -0.3 is 15.4 Å². The van der Waals surface area contributed by atoms with Crippen LogP contribution < -0.4 is 10.5 Å². The molecule has 2 N–H and O–H groups in total. The number of carbonyl (C=O) groups is 1. The second-order valence-corrected chi connectivity index (χ2v) is 9.84. The molecule has 1 aliphatic carbocycles. The van der Waals surface area contributed by atoms with Gasteiger partial charge >= 0.3 is 0 Å². The Hall–Kier alpha value is -3.72. The lowest BCUT2D eigenvalue weighted by Crippen LogP contribution is -2.40. The van der Waals surface area contributed by atoms with Gasteiger partial charge in [-0.1, -0.05) is 40.2 Å². The van der Waals surface area contributed by atoms with E-state index in [1.807, 2.05) is 70.3 Å². The van der Waals surface area contributed by atoms with Gasteiger partial charge in [-0.2, -0.15) is 5.10 Å². The van der Waals surface area contributed by atoms with Gasteiger partial charge in [0, 0.05) is 29.4 Å². The smallest absolute Gasteiger partial charge is 0.246 e. The van der Waals surface area contributed by atoms with E-state index in [1.165, 1.54) is 6.33 Å². The number of halogens is 1. The normalized spacial score (nSPS) is 21.0. The van der Waals surface area contributed by atoms with Gasteiger partial charge in [0.15, 0.2) is 5.65 Å². The fourth-order valence-electron chi connectivity index (χ4n) is 5.47. The maximum absolute atomic E-state index is 12.6. The number of allylic oxidation sites excluding steroid dienone is 1. The van der Waals surface area contributed by atoms with E-state index in [-0.39, 0.29) is 18.0 Å². The Kier molecular flexibility index (Phi) is 5.92. The monoisotopic (exact) mass is 544 g/mol. The number of carbonyl (C=O) groups excluding carboxylic acids is 1. The van der Waals surface area contributed by atoms with E-state index in [2.05, 4.69) is 25.9 Å². The van der Waals surface area contributed by atoms with Crippen LogP contribution in [-0.2, 0) is 4.79 Å². The highest BCUT2D eigenvalue weighted by Crippen LogP contribution is 2.46. The van der Waals surface area contributed by atoms with Gasteiger partial charge in [-0.3, -0.25) is 4.79 Å². The van der Waals surface area contributed by atoms with Gasteiger partial charge in [0.25, 0.3) is 0 Å². The maximum atomic E-state index is 12.6. The van der Waals surface area contributed by atoms with Crippen LogP contribution in [0.1, 0.15) is 18.9 Å². The van der Waals surface area contributed by atoms with E-state index < -0.39 is 0 Å². The van der Waals surface area contributed by atoms with Crippen LogP contribution in [0.3, 0.4) is 0 Å². The summed E-state index contributed by atoms with van der Waals surface area (Å²) in [5.74, 6) is 2.33. The van der Waals surface area contributed by atoms with Crippen LogP contribution in [0.5, 0.6) is 11.5 Å². The van der Waals surface area contributed by atoms with Crippen LogP contribution >= 0.6 is 15.9 Å². The zero-order valence-electron chi connectivity index (χ0n) is 19.5. The standard InChI is InChI=1S/C27H25BrN6O2/c28-12-4-7-23(35)33-15-18-13-19(33)14-22(18)34-27-24(26(29)30-16-31-27)25(32-34)17-8-10-21(11-9-17)36-20-5-2-1-3-6-20/h1-11,16,18-19,22H,12-15H2,(H2,29,30,31)/b7-4+. The van der Waals surface area contributed by atoms with E-state index in [0.717, 1.165) is 53.2 Å². The average Bonchev–Trinajstić information content (AvgIpc) is 3.62. The number of hydrogen-bond donors (Lipinski definition) is 1. The first kappa shape index (κ1) is 22.7. The number of aromatic nitrogens is 4. The third-order valence-corrected chi connectivity index (χ3v) is 7.45. The summed E-state index contributed by atoms with van der Waals surface area (Å²) in [5.41, 5.74) is 8.73. The Bertz CT molecular complexity index is 1440.